The zero-order valence-electron chi connectivity index (χ0n) is 9.17. The second-order valence-corrected chi connectivity index (χ2v) is 4.94. The molecule has 3 atom stereocenters. The van der Waals surface area contributed by atoms with Gasteiger partial charge in [0.15, 0.2) is 0 Å². The number of carbonyl (C=O) groups is 1. The molecular weight excluding hydrogens is 178 g/mol. The van der Waals surface area contributed by atoms with Gasteiger partial charge in [-0.15, -0.1) is 0 Å². The van der Waals surface area contributed by atoms with E-state index in [1.807, 2.05) is 6.92 Å². The number of hydrogen-bond acceptors (Lipinski definition) is 2. The van der Waals surface area contributed by atoms with Crippen molar-refractivity contribution < 1.29 is 9.53 Å². The van der Waals surface area contributed by atoms with E-state index in [1.54, 1.807) is 0 Å². The van der Waals surface area contributed by atoms with E-state index in [0.717, 1.165) is 19.3 Å². The molecule has 1 aliphatic heterocycles. The van der Waals surface area contributed by atoms with Gasteiger partial charge in [-0.3, -0.25) is 4.79 Å². The Balaban J connectivity index is 2.16. The van der Waals surface area contributed by atoms with Gasteiger partial charge in [0.25, 0.3) is 0 Å². The van der Waals surface area contributed by atoms with Crippen LogP contribution < -0.4 is 5.32 Å². The smallest absolute Gasteiger partial charge is 0.227 e. The highest BCUT2D eigenvalue weighted by molar-refractivity contribution is 5.80. The summed E-state index contributed by atoms with van der Waals surface area (Å²) in [6.07, 6.45) is 3.32. The topological polar surface area (TPSA) is 38.3 Å². The molecule has 0 unspecified atom stereocenters. The number of ether oxygens (including phenoxy) is 1. The normalized spacial score (nSPS) is 42.4. The molecular formula is C11H19NO2. The van der Waals surface area contributed by atoms with Crippen LogP contribution >= 0.6 is 0 Å². The highest BCUT2D eigenvalue weighted by Crippen LogP contribution is 2.37. The van der Waals surface area contributed by atoms with E-state index in [2.05, 4.69) is 19.2 Å². The third-order valence-electron chi connectivity index (χ3n) is 3.66. The summed E-state index contributed by atoms with van der Waals surface area (Å²) in [5.74, 6) is 0.616. The molecule has 0 aromatic carbocycles. The monoisotopic (exact) mass is 197 g/mol. The first-order chi connectivity index (χ1) is 6.53. The van der Waals surface area contributed by atoms with Crippen LogP contribution in [-0.4, -0.2) is 17.7 Å². The lowest BCUT2D eigenvalue weighted by molar-refractivity contribution is -0.184. The molecule has 2 rings (SSSR count). The maximum atomic E-state index is 11.8. The van der Waals surface area contributed by atoms with Crippen LogP contribution in [0.25, 0.3) is 0 Å². The van der Waals surface area contributed by atoms with E-state index in [4.69, 9.17) is 4.74 Å². The molecule has 1 saturated carbocycles. The lowest BCUT2D eigenvalue weighted by Gasteiger charge is -2.43. The van der Waals surface area contributed by atoms with Crippen molar-refractivity contribution in [2.75, 3.05) is 0 Å². The Bertz CT molecular complexity index is 252. The van der Waals surface area contributed by atoms with E-state index in [0.29, 0.717) is 5.92 Å². The number of amides is 1. The molecule has 0 radical (unpaired) electrons. The Labute approximate surface area is 85.2 Å². The Morgan fingerprint density at radius 1 is 1.50 bits per heavy atom. The van der Waals surface area contributed by atoms with Gasteiger partial charge >= 0.3 is 0 Å². The van der Waals surface area contributed by atoms with Gasteiger partial charge in [0.2, 0.25) is 5.91 Å². The van der Waals surface area contributed by atoms with Gasteiger partial charge in [0.05, 0.1) is 12.0 Å². The number of fused-ring (bicyclic) bond motifs is 1. The number of carbonyl (C=O) groups excluding carboxylic acids is 1. The average Bonchev–Trinajstić information content (AvgIpc) is 2.51. The summed E-state index contributed by atoms with van der Waals surface area (Å²) in [4.78, 5) is 11.8. The molecule has 3 heteroatoms. The first kappa shape index (κ1) is 9.97. The molecule has 1 aliphatic carbocycles. The van der Waals surface area contributed by atoms with Crippen LogP contribution in [0.2, 0.25) is 0 Å². The van der Waals surface area contributed by atoms with Crippen molar-refractivity contribution in [3.05, 3.63) is 0 Å². The van der Waals surface area contributed by atoms with Crippen molar-refractivity contribution >= 4 is 5.91 Å². The van der Waals surface area contributed by atoms with Gasteiger partial charge in [0.1, 0.15) is 5.72 Å². The first-order valence-corrected chi connectivity index (χ1v) is 5.53. The zero-order valence-corrected chi connectivity index (χ0v) is 9.17. The lowest BCUT2D eigenvalue weighted by Crippen LogP contribution is -2.61. The van der Waals surface area contributed by atoms with Gasteiger partial charge in [-0.2, -0.15) is 0 Å². The number of rotatable bonds is 1. The Morgan fingerprint density at radius 2 is 2.21 bits per heavy atom. The predicted molar refractivity (Wildman–Crippen MR) is 53.6 cm³/mol. The third kappa shape index (κ3) is 1.44. The van der Waals surface area contributed by atoms with Crippen LogP contribution in [-0.2, 0) is 9.53 Å². The van der Waals surface area contributed by atoms with E-state index in [1.165, 1.54) is 0 Å². The van der Waals surface area contributed by atoms with Crippen molar-refractivity contribution in [2.45, 2.75) is 51.9 Å². The Hall–Kier alpha value is -0.570. The standard InChI is InChI=1S/C11H19NO2/c1-7(2)11(3)12-10(13)8-5-4-6-9(8)14-11/h7-9H,4-6H2,1-3H3,(H,12,13)/t8-,9+,11+/m0/s1. The predicted octanol–water partition coefficient (Wildman–Crippen LogP) is 1.67. The minimum Gasteiger partial charge on any atom is -0.352 e. The van der Waals surface area contributed by atoms with Gasteiger partial charge in [-0.1, -0.05) is 13.8 Å². The summed E-state index contributed by atoms with van der Waals surface area (Å²) in [5.41, 5.74) is -0.456. The quantitative estimate of drug-likeness (QED) is 0.694. The van der Waals surface area contributed by atoms with Crippen LogP contribution in [0.1, 0.15) is 40.0 Å². The Kier molecular flexibility index (Phi) is 2.30. The van der Waals surface area contributed by atoms with Crippen LogP contribution in [0.3, 0.4) is 0 Å². The molecule has 14 heavy (non-hydrogen) atoms. The third-order valence-corrected chi connectivity index (χ3v) is 3.66. The van der Waals surface area contributed by atoms with Crippen LogP contribution in [0, 0.1) is 11.8 Å². The van der Waals surface area contributed by atoms with Crippen molar-refractivity contribution in [2.24, 2.45) is 11.8 Å². The van der Waals surface area contributed by atoms with E-state index >= 15 is 0 Å². The molecule has 2 fully saturated rings. The number of nitrogens with one attached hydrogen (secondary N) is 1. The highest BCUT2D eigenvalue weighted by atomic mass is 16.5. The van der Waals surface area contributed by atoms with Gasteiger partial charge < -0.3 is 10.1 Å². The van der Waals surface area contributed by atoms with Crippen molar-refractivity contribution in [3.8, 4) is 0 Å². The summed E-state index contributed by atoms with van der Waals surface area (Å²) in [6, 6.07) is 0. The second kappa shape index (κ2) is 3.23. The fourth-order valence-electron chi connectivity index (χ4n) is 2.33. The summed E-state index contributed by atoms with van der Waals surface area (Å²) in [5, 5.41) is 3.00. The maximum Gasteiger partial charge on any atom is 0.227 e. The minimum absolute atomic E-state index is 0.113. The van der Waals surface area contributed by atoms with E-state index in [-0.39, 0.29) is 17.9 Å². The second-order valence-electron chi connectivity index (χ2n) is 4.94. The molecule has 3 nitrogen and oxygen atoms in total. The summed E-state index contributed by atoms with van der Waals surface area (Å²) < 4.78 is 6.00. The summed E-state index contributed by atoms with van der Waals surface area (Å²) >= 11 is 0. The molecule has 1 amide bonds. The fourth-order valence-corrected chi connectivity index (χ4v) is 2.33. The molecule has 0 spiro atoms. The van der Waals surface area contributed by atoms with Gasteiger partial charge in [-0.25, -0.2) is 0 Å². The maximum absolute atomic E-state index is 11.8. The van der Waals surface area contributed by atoms with E-state index in [9.17, 15) is 4.79 Å². The van der Waals surface area contributed by atoms with Crippen molar-refractivity contribution in [3.63, 3.8) is 0 Å². The lowest BCUT2D eigenvalue weighted by atomic mass is 9.94. The zero-order chi connectivity index (χ0) is 10.3. The van der Waals surface area contributed by atoms with Gasteiger partial charge in [0, 0.05) is 5.92 Å². The van der Waals surface area contributed by atoms with Gasteiger partial charge in [-0.05, 0) is 26.2 Å². The number of hydrogen-bond donors (Lipinski definition) is 1. The minimum atomic E-state index is -0.456. The Morgan fingerprint density at radius 3 is 2.86 bits per heavy atom. The molecule has 0 aromatic rings. The van der Waals surface area contributed by atoms with Crippen molar-refractivity contribution in [1.29, 1.82) is 0 Å². The van der Waals surface area contributed by atoms with Crippen LogP contribution in [0.5, 0.6) is 0 Å². The molecule has 0 bridgehead atoms. The largest absolute Gasteiger partial charge is 0.352 e. The fraction of sp³-hybridized carbons (Fsp3) is 0.909. The molecule has 1 N–H and O–H groups in total. The van der Waals surface area contributed by atoms with Crippen LogP contribution in [0.15, 0.2) is 0 Å². The van der Waals surface area contributed by atoms with Crippen molar-refractivity contribution in [1.82, 2.24) is 5.32 Å². The SMILES string of the molecule is CC(C)[C@]1(C)NC(=O)[C@H]2CCC[C@H]2O1. The molecule has 2 aliphatic rings. The van der Waals surface area contributed by atoms with Crippen LogP contribution in [0.4, 0.5) is 0 Å². The molecule has 80 valence electrons. The summed E-state index contributed by atoms with van der Waals surface area (Å²) in [7, 11) is 0. The summed E-state index contributed by atoms with van der Waals surface area (Å²) in [6.45, 7) is 6.13. The highest BCUT2D eigenvalue weighted by Gasteiger charge is 2.46. The first-order valence-electron chi connectivity index (χ1n) is 5.53. The molecule has 1 saturated heterocycles. The average molecular weight is 197 g/mol. The molecule has 0 aromatic heterocycles. The molecule has 1 heterocycles. The van der Waals surface area contributed by atoms with E-state index < -0.39 is 5.72 Å².